The zero-order valence-electron chi connectivity index (χ0n) is 9.30. The monoisotopic (exact) mass is 286 g/mol. The van der Waals surface area contributed by atoms with Crippen LogP contribution in [0.15, 0.2) is 18.5 Å². The van der Waals surface area contributed by atoms with Gasteiger partial charge in [0.15, 0.2) is 10.3 Å². The molecule has 0 aliphatic heterocycles. The van der Waals surface area contributed by atoms with Crippen LogP contribution in [0.25, 0.3) is 5.69 Å². The summed E-state index contributed by atoms with van der Waals surface area (Å²) in [6, 6.07) is 1.50. The summed E-state index contributed by atoms with van der Waals surface area (Å²) in [5, 5.41) is 11.6. The Kier molecular flexibility index (Phi) is 3.78. The molecule has 0 aromatic carbocycles. The van der Waals surface area contributed by atoms with E-state index in [1.807, 2.05) is 0 Å². The van der Waals surface area contributed by atoms with Gasteiger partial charge in [-0.1, -0.05) is 23.2 Å². The van der Waals surface area contributed by atoms with Gasteiger partial charge in [-0.15, -0.1) is 10.2 Å². The fourth-order valence-electron chi connectivity index (χ4n) is 1.28. The predicted molar refractivity (Wildman–Crippen MR) is 65.1 cm³/mol. The first-order chi connectivity index (χ1) is 8.61. The first-order valence-electron chi connectivity index (χ1n) is 5.02. The van der Waals surface area contributed by atoms with Crippen LogP contribution in [-0.2, 0) is 4.74 Å². The maximum atomic E-state index is 11.5. The van der Waals surface area contributed by atoms with Crippen LogP contribution < -0.4 is 0 Å². The van der Waals surface area contributed by atoms with Crippen LogP contribution in [0.5, 0.6) is 0 Å². The maximum absolute atomic E-state index is 11.5. The number of hydrogen-bond donors (Lipinski definition) is 0. The molecule has 0 N–H and O–H groups in total. The number of aromatic nitrogens is 4. The summed E-state index contributed by atoms with van der Waals surface area (Å²) in [5.74, 6) is -0.451. The summed E-state index contributed by atoms with van der Waals surface area (Å²) in [4.78, 5) is 11.5. The topological polar surface area (TPSA) is 69.9 Å². The van der Waals surface area contributed by atoms with Crippen molar-refractivity contribution in [3.05, 3.63) is 34.3 Å². The van der Waals surface area contributed by atoms with Crippen LogP contribution in [-0.4, -0.2) is 32.6 Å². The molecule has 0 saturated heterocycles. The molecule has 0 saturated carbocycles. The smallest absolute Gasteiger partial charge is 0.341 e. The van der Waals surface area contributed by atoms with Gasteiger partial charge in [-0.2, -0.15) is 5.10 Å². The average molecular weight is 287 g/mol. The molecule has 8 heteroatoms. The highest BCUT2D eigenvalue weighted by molar-refractivity contribution is 6.32. The Labute approximate surface area is 112 Å². The molecule has 0 spiro atoms. The summed E-state index contributed by atoms with van der Waals surface area (Å²) in [7, 11) is 0. The third-order valence-corrected chi connectivity index (χ3v) is 2.49. The van der Waals surface area contributed by atoms with E-state index in [1.165, 1.54) is 23.1 Å². The number of rotatable bonds is 3. The SMILES string of the molecule is CCOC(=O)c1cnn(-c2cc(Cl)nnc2Cl)c1. The molecule has 0 aliphatic carbocycles. The molecule has 2 rings (SSSR count). The van der Waals surface area contributed by atoms with Gasteiger partial charge in [0.05, 0.1) is 18.4 Å². The minimum absolute atomic E-state index is 0.137. The Balaban J connectivity index is 2.35. The quantitative estimate of drug-likeness (QED) is 0.809. The summed E-state index contributed by atoms with van der Waals surface area (Å²) < 4.78 is 6.24. The third-order valence-electron chi connectivity index (χ3n) is 2.04. The highest BCUT2D eigenvalue weighted by atomic mass is 35.5. The number of halogens is 2. The van der Waals surface area contributed by atoms with Crippen molar-refractivity contribution in [2.75, 3.05) is 6.61 Å². The largest absolute Gasteiger partial charge is 0.462 e. The first-order valence-corrected chi connectivity index (χ1v) is 5.78. The Morgan fingerprint density at radius 1 is 1.44 bits per heavy atom. The van der Waals surface area contributed by atoms with E-state index in [-0.39, 0.29) is 10.3 Å². The number of esters is 1. The fourth-order valence-corrected chi connectivity index (χ4v) is 1.60. The van der Waals surface area contributed by atoms with Gasteiger partial charge in [0.1, 0.15) is 5.69 Å². The molecule has 0 bridgehead atoms. The predicted octanol–water partition coefficient (Wildman–Crippen LogP) is 2.15. The molecule has 0 radical (unpaired) electrons. The van der Waals surface area contributed by atoms with E-state index in [0.29, 0.717) is 17.9 Å². The van der Waals surface area contributed by atoms with Crippen LogP contribution in [0.1, 0.15) is 17.3 Å². The maximum Gasteiger partial charge on any atom is 0.341 e. The Hall–Kier alpha value is -1.66. The molecule has 0 fully saturated rings. The van der Waals surface area contributed by atoms with E-state index in [1.54, 1.807) is 6.92 Å². The van der Waals surface area contributed by atoms with Crippen molar-refractivity contribution < 1.29 is 9.53 Å². The highest BCUT2D eigenvalue weighted by Crippen LogP contribution is 2.19. The van der Waals surface area contributed by atoms with Crippen molar-refractivity contribution in [1.82, 2.24) is 20.0 Å². The number of carbonyl (C=O) groups excluding carboxylic acids is 1. The van der Waals surface area contributed by atoms with Crippen molar-refractivity contribution in [1.29, 1.82) is 0 Å². The summed E-state index contributed by atoms with van der Waals surface area (Å²) in [6.07, 6.45) is 2.86. The minimum Gasteiger partial charge on any atom is -0.462 e. The van der Waals surface area contributed by atoms with Gasteiger partial charge in [0.2, 0.25) is 0 Å². The molecule has 0 unspecified atom stereocenters. The summed E-state index contributed by atoms with van der Waals surface area (Å²) >= 11 is 11.6. The van der Waals surface area contributed by atoms with Crippen molar-refractivity contribution in [3.8, 4) is 5.69 Å². The molecule has 18 heavy (non-hydrogen) atoms. The Bertz CT molecular complexity index is 585. The molecule has 2 aromatic heterocycles. The molecular weight excluding hydrogens is 279 g/mol. The van der Waals surface area contributed by atoms with E-state index in [4.69, 9.17) is 27.9 Å². The van der Waals surface area contributed by atoms with Crippen LogP contribution in [0.3, 0.4) is 0 Å². The molecule has 6 nitrogen and oxygen atoms in total. The van der Waals surface area contributed by atoms with Gasteiger partial charge < -0.3 is 4.74 Å². The van der Waals surface area contributed by atoms with Crippen molar-refractivity contribution >= 4 is 29.2 Å². The number of nitrogens with zero attached hydrogens (tertiary/aromatic N) is 4. The normalized spacial score (nSPS) is 10.4. The second kappa shape index (κ2) is 5.32. The molecule has 2 heterocycles. The fraction of sp³-hybridized carbons (Fsp3) is 0.200. The van der Waals surface area contributed by atoms with Crippen molar-refractivity contribution in [2.45, 2.75) is 6.92 Å². The van der Waals surface area contributed by atoms with E-state index in [2.05, 4.69) is 15.3 Å². The third kappa shape index (κ3) is 2.60. The van der Waals surface area contributed by atoms with E-state index in [9.17, 15) is 4.79 Å². The van der Waals surface area contributed by atoms with E-state index in [0.717, 1.165) is 0 Å². The highest BCUT2D eigenvalue weighted by Gasteiger charge is 2.13. The number of carbonyl (C=O) groups is 1. The van der Waals surface area contributed by atoms with Gasteiger partial charge >= 0.3 is 5.97 Å². The zero-order chi connectivity index (χ0) is 13.1. The van der Waals surface area contributed by atoms with E-state index < -0.39 is 5.97 Å². The number of hydrogen-bond acceptors (Lipinski definition) is 5. The second-order valence-corrected chi connectivity index (χ2v) is 3.98. The molecule has 0 amide bonds. The molecule has 0 atom stereocenters. The Morgan fingerprint density at radius 2 is 2.22 bits per heavy atom. The molecular formula is C10H8Cl2N4O2. The summed E-state index contributed by atoms with van der Waals surface area (Å²) in [6.45, 7) is 2.03. The summed E-state index contributed by atoms with van der Waals surface area (Å²) in [5.41, 5.74) is 0.757. The standard InChI is InChI=1S/C10H8Cl2N4O2/c1-2-18-10(17)6-4-13-16(5-6)7-3-8(11)14-15-9(7)12/h3-5H,2H2,1H3. The zero-order valence-corrected chi connectivity index (χ0v) is 10.8. The molecule has 2 aromatic rings. The lowest BCUT2D eigenvalue weighted by molar-refractivity contribution is 0.0526. The number of ether oxygens (including phenoxy) is 1. The Morgan fingerprint density at radius 3 is 2.94 bits per heavy atom. The van der Waals surface area contributed by atoms with Gasteiger partial charge in [-0.3, -0.25) is 0 Å². The lowest BCUT2D eigenvalue weighted by Gasteiger charge is -2.02. The van der Waals surface area contributed by atoms with Crippen LogP contribution >= 0.6 is 23.2 Å². The molecule has 94 valence electrons. The first kappa shape index (κ1) is 12.8. The van der Waals surface area contributed by atoms with E-state index >= 15 is 0 Å². The second-order valence-electron chi connectivity index (χ2n) is 3.24. The van der Waals surface area contributed by atoms with Crippen LogP contribution in [0.4, 0.5) is 0 Å². The lowest BCUT2D eigenvalue weighted by atomic mass is 10.4. The lowest BCUT2D eigenvalue weighted by Crippen LogP contribution is -2.03. The van der Waals surface area contributed by atoms with Gasteiger partial charge in [-0.05, 0) is 6.92 Å². The average Bonchev–Trinajstić information content (AvgIpc) is 2.82. The van der Waals surface area contributed by atoms with Gasteiger partial charge in [0, 0.05) is 12.3 Å². The van der Waals surface area contributed by atoms with Crippen molar-refractivity contribution in [2.24, 2.45) is 0 Å². The van der Waals surface area contributed by atoms with Crippen LogP contribution in [0.2, 0.25) is 10.3 Å². The van der Waals surface area contributed by atoms with Crippen molar-refractivity contribution in [3.63, 3.8) is 0 Å². The van der Waals surface area contributed by atoms with Gasteiger partial charge in [-0.25, -0.2) is 9.48 Å². The molecule has 0 aliphatic rings. The minimum atomic E-state index is -0.451. The van der Waals surface area contributed by atoms with Crippen LogP contribution in [0, 0.1) is 0 Å². The van der Waals surface area contributed by atoms with Gasteiger partial charge in [0.25, 0.3) is 0 Å².